The molecule has 0 aliphatic rings. The standard InChI is InChI=1S/C32H44N2O4S2/c1-5-7-12-18-34(23-26-14-10-9-11-15-26)24-27-16-13-17-28(21-27)30-22-29(20-25(3)4)39-31(30)40(36,37)33-32(35)38-19-8-6-2/h9-11,13-17,21-22,25H,5-8,12,18-20,23-24H2,1-4H3,(H,33,35). The van der Waals surface area contributed by atoms with E-state index in [1.807, 2.05) is 31.2 Å². The van der Waals surface area contributed by atoms with Crippen LogP contribution in [0.2, 0.25) is 0 Å². The highest BCUT2D eigenvalue weighted by Gasteiger charge is 2.26. The van der Waals surface area contributed by atoms with Crippen molar-refractivity contribution >= 4 is 27.5 Å². The lowest BCUT2D eigenvalue weighted by Crippen LogP contribution is -2.31. The van der Waals surface area contributed by atoms with Gasteiger partial charge in [-0.1, -0.05) is 95.5 Å². The Balaban J connectivity index is 1.89. The zero-order valence-corrected chi connectivity index (χ0v) is 26.0. The van der Waals surface area contributed by atoms with Crippen LogP contribution in [0.25, 0.3) is 11.1 Å². The number of carbonyl (C=O) groups excluding carboxylic acids is 1. The number of rotatable bonds is 16. The fourth-order valence-corrected chi connectivity index (χ4v) is 7.40. The van der Waals surface area contributed by atoms with Crippen molar-refractivity contribution < 1.29 is 17.9 Å². The quantitative estimate of drug-likeness (QED) is 0.173. The molecule has 0 aliphatic heterocycles. The summed E-state index contributed by atoms with van der Waals surface area (Å²) < 4.78 is 34.1. The van der Waals surface area contributed by atoms with Crippen LogP contribution in [0.15, 0.2) is 64.9 Å². The molecule has 1 amide bonds. The summed E-state index contributed by atoms with van der Waals surface area (Å²) in [5.41, 5.74) is 3.85. The van der Waals surface area contributed by atoms with Gasteiger partial charge in [-0.3, -0.25) is 4.90 Å². The number of amides is 1. The molecule has 40 heavy (non-hydrogen) atoms. The second kappa shape index (κ2) is 15.9. The molecule has 3 rings (SSSR count). The van der Waals surface area contributed by atoms with E-state index in [2.05, 4.69) is 66.8 Å². The van der Waals surface area contributed by atoms with Gasteiger partial charge in [0.15, 0.2) is 0 Å². The van der Waals surface area contributed by atoms with Crippen LogP contribution >= 0.6 is 11.3 Å². The Kier molecular flexibility index (Phi) is 12.7. The maximum absolute atomic E-state index is 13.4. The molecule has 8 heteroatoms. The summed E-state index contributed by atoms with van der Waals surface area (Å²) in [7, 11) is -4.10. The normalized spacial score (nSPS) is 11.8. The molecule has 0 saturated heterocycles. The molecule has 0 unspecified atom stereocenters. The van der Waals surface area contributed by atoms with Crippen molar-refractivity contribution in [3.05, 3.63) is 76.7 Å². The van der Waals surface area contributed by atoms with Crippen LogP contribution in [-0.4, -0.2) is 32.6 Å². The topological polar surface area (TPSA) is 75.7 Å². The third-order valence-corrected chi connectivity index (χ3v) is 9.53. The summed E-state index contributed by atoms with van der Waals surface area (Å²) in [6, 6.07) is 20.6. The average molecular weight is 585 g/mol. The SMILES string of the molecule is CCCCCN(Cc1ccccc1)Cc1cccc(-c2cc(CC(C)C)sc2S(=O)(=O)NC(=O)OCCCC)c1. The van der Waals surface area contributed by atoms with Crippen LogP contribution in [0.3, 0.4) is 0 Å². The van der Waals surface area contributed by atoms with Gasteiger partial charge in [-0.15, -0.1) is 11.3 Å². The summed E-state index contributed by atoms with van der Waals surface area (Å²) in [6.07, 6.45) is 4.85. The number of ether oxygens (including phenoxy) is 1. The van der Waals surface area contributed by atoms with Crippen molar-refractivity contribution in [1.82, 2.24) is 9.62 Å². The van der Waals surface area contributed by atoms with Crippen molar-refractivity contribution in [2.24, 2.45) is 5.92 Å². The third kappa shape index (κ3) is 10.1. The molecule has 0 atom stereocenters. The Labute approximate surface area is 244 Å². The van der Waals surface area contributed by atoms with Crippen LogP contribution < -0.4 is 4.72 Å². The molecule has 1 aromatic heterocycles. The highest BCUT2D eigenvalue weighted by atomic mass is 32.2. The molecule has 0 bridgehead atoms. The number of sulfonamides is 1. The number of benzene rings is 2. The monoisotopic (exact) mass is 584 g/mol. The second-order valence-electron chi connectivity index (χ2n) is 10.7. The first kappa shape index (κ1) is 31.8. The van der Waals surface area contributed by atoms with Crippen LogP contribution in [0.4, 0.5) is 4.79 Å². The maximum atomic E-state index is 13.4. The van der Waals surface area contributed by atoms with Crippen molar-refractivity contribution in [3.8, 4) is 11.1 Å². The Bertz CT molecular complexity index is 1300. The van der Waals surface area contributed by atoms with Crippen molar-refractivity contribution in [2.45, 2.75) is 83.5 Å². The Hall–Kier alpha value is -2.68. The smallest absolute Gasteiger partial charge is 0.421 e. The van der Waals surface area contributed by atoms with E-state index in [1.54, 1.807) is 0 Å². The van der Waals surface area contributed by atoms with E-state index in [-0.39, 0.29) is 10.8 Å². The van der Waals surface area contributed by atoms with E-state index in [9.17, 15) is 13.2 Å². The summed E-state index contributed by atoms with van der Waals surface area (Å²) in [6.45, 7) is 11.2. The first-order chi connectivity index (χ1) is 19.2. The number of carbonyl (C=O) groups is 1. The highest BCUT2D eigenvalue weighted by Crippen LogP contribution is 2.37. The maximum Gasteiger partial charge on any atom is 0.421 e. The lowest BCUT2D eigenvalue weighted by atomic mass is 10.0. The number of hydrogen-bond acceptors (Lipinski definition) is 6. The number of nitrogens with one attached hydrogen (secondary N) is 1. The molecule has 218 valence electrons. The van der Waals surface area contributed by atoms with Crippen LogP contribution in [0.5, 0.6) is 0 Å². The zero-order chi connectivity index (χ0) is 29.0. The predicted octanol–water partition coefficient (Wildman–Crippen LogP) is 8.02. The average Bonchev–Trinajstić information content (AvgIpc) is 3.34. The van der Waals surface area contributed by atoms with Gasteiger partial charge in [0.1, 0.15) is 4.21 Å². The van der Waals surface area contributed by atoms with E-state index in [4.69, 9.17) is 4.74 Å². The van der Waals surface area contributed by atoms with Crippen molar-refractivity contribution in [3.63, 3.8) is 0 Å². The predicted molar refractivity (Wildman–Crippen MR) is 165 cm³/mol. The number of nitrogens with zero attached hydrogens (tertiary/aromatic N) is 1. The highest BCUT2D eigenvalue weighted by molar-refractivity contribution is 7.92. The fourth-order valence-electron chi connectivity index (χ4n) is 4.56. The van der Waals surface area contributed by atoms with E-state index in [1.165, 1.54) is 29.7 Å². The largest absolute Gasteiger partial charge is 0.449 e. The fraction of sp³-hybridized carbons (Fsp3) is 0.469. The molecule has 6 nitrogen and oxygen atoms in total. The summed E-state index contributed by atoms with van der Waals surface area (Å²) >= 11 is 1.23. The third-order valence-electron chi connectivity index (χ3n) is 6.52. The molecular weight excluding hydrogens is 540 g/mol. The minimum atomic E-state index is -4.10. The van der Waals surface area contributed by atoms with Crippen molar-refractivity contribution in [1.29, 1.82) is 0 Å². The van der Waals surface area contributed by atoms with Gasteiger partial charge in [-0.2, -0.15) is 0 Å². The Morgan fingerprint density at radius 3 is 2.33 bits per heavy atom. The first-order valence-corrected chi connectivity index (χ1v) is 16.7. The molecule has 3 aromatic rings. The summed E-state index contributed by atoms with van der Waals surface area (Å²) in [5, 5.41) is 0. The zero-order valence-electron chi connectivity index (χ0n) is 24.3. The van der Waals surface area contributed by atoms with Gasteiger partial charge >= 0.3 is 6.09 Å². The molecule has 1 N–H and O–H groups in total. The minimum Gasteiger partial charge on any atom is -0.449 e. The molecule has 1 heterocycles. The van der Waals surface area contributed by atoms with Gasteiger partial charge in [-0.05, 0) is 60.5 Å². The lowest BCUT2D eigenvalue weighted by Gasteiger charge is -2.23. The number of hydrogen-bond donors (Lipinski definition) is 1. The van der Waals surface area contributed by atoms with E-state index >= 15 is 0 Å². The van der Waals surface area contributed by atoms with Crippen LogP contribution in [-0.2, 0) is 34.3 Å². The minimum absolute atomic E-state index is 0.150. The number of thiophene rings is 1. The van der Waals surface area contributed by atoms with Gasteiger partial charge in [0, 0.05) is 23.5 Å². The molecule has 2 aromatic carbocycles. The van der Waals surface area contributed by atoms with Gasteiger partial charge < -0.3 is 4.74 Å². The molecule has 0 aliphatic carbocycles. The van der Waals surface area contributed by atoms with Crippen LogP contribution in [0, 0.1) is 5.92 Å². The van der Waals surface area contributed by atoms with Crippen molar-refractivity contribution in [2.75, 3.05) is 13.2 Å². The molecule has 0 spiro atoms. The summed E-state index contributed by atoms with van der Waals surface area (Å²) in [4.78, 5) is 15.7. The second-order valence-corrected chi connectivity index (χ2v) is 13.7. The van der Waals surface area contributed by atoms with Gasteiger partial charge in [0.2, 0.25) is 0 Å². The Morgan fingerprint density at radius 2 is 1.62 bits per heavy atom. The van der Waals surface area contributed by atoms with E-state index in [0.717, 1.165) is 54.9 Å². The van der Waals surface area contributed by atoms with E-state index < -0.39 is 16.1 Å². The van der Waals surface area contributed by atoms with E-state index in [0.29, 0.717) is 17.9 Å². The molecule has 0 saturated carbocycles. The summed E-state index contributed by atoms with van der Waals surface area (Å²) in [5.74, 6) is 0.370. The van der Waals surface area contributed by atoms with Crippen LogP contribution in [0.1, 0.15) is 75.8 Å². The number of unbranched alkanes of at least 4 members (excludes halogenated alkanes) is 3. The lowest BCUT2D eigenvalue weighted by molar-refractivity contribution is 0.151. The van der Waals surface area contributed by atoms with Gasteiger partial charge in [0.25, 0.3) is 10.0 Å². The van der Waals surface area contributed by atoms with Gasteiger partial charge in [-0.25, -0.2) is 17.9 Å². The Morgan fingerprint density at radius 1 is 0.925 bits per heavy atom. The molecular formula is C32H44N2O4S2. The molecule has 0 fully saturated rings. The van der Waals surface area contributed by atoms with Gasteiger partial charge in [0.05, 0.1) is 6.61 Å². The first-order valence-electron chi connectivity index (χ1n) is 14.4. The molecule has 0 radical (unpaired) electrons.